The number of anilines is 1. The predicted molar refractivity (Wildman–Crippen MR) is 81.6 cm³/mol. The summed E-state index contributed by atoms with van der Waals surface area (Å²) < 4.78 is 5.56. The molecular weight excluding hydrogens is 302 g/mol. The lowest BCUT2D eigenvalue weighted by Gasteiger charge is -2.33. The van der Waals surface area contributed by atoms with Gasteiger partial charge in [0.05, 0.1) is 19.3 Å². The zero-order chi connectivity index (χ0) is 15.5. The molecule has 7 nitrogen and oxygen atoms in total. The third-order valence-electron chi connectivity index (χ3n) is 3.63. The van der Waals surface area contributed by atoms with E-state index in [1.54, 1.807) is 0 Å². The van der Waals surface area contributed by atoms with Gasteiger partial charge >= 0.3 is 0 Å². The van der Waals surface area contributed by atoms with Crippen LogP contribution in [-0.2, 0) is 9.53 Å². The number of morpholine rings is 1. The van der Waals surface area contributed by atoms with Gasteiger partial charge in [0.15, 0.2) is 17.1 Å². The predicted octanol–water partition coefficient (Wildman–Crippen LogP) is 0.554. The number of rotatable bonds is 4. The summed E-state index contributed by atoms with van der Waals surface area (Å²) in [6, 6.07) is 2.42. The molecule has 2 aliphatic rings. The average molecular weight is 319 g/mol. The molecule has 1 aliphatic heterocycles. The highest BCUT2D eigenvalue weighted by Gasteiger charge is 2.32. The molecule has 1 aromatic heterocycles. The van der Waals surface area contributed by atoms with Gasteiger partial charge in [-0.1, -0.05) is 11.8 Å². The molecule has 1 aromatic rings. The van der Waals surface area contributed by atoms with E-state index in [2.05, 4.69) is 21.4 Å². The van der Waals surface area contributed by atoms with Gasteiger partial charge in [0.1, 0.15) is 11.6 Å². The van der Waals surface area contributed by atoms with E-state index in [4.69, 9.17) is 4.74 Å². The summed E-state index contributed by atoms with van der Waals surface area (Å²) in [4.78, 5) is 22.6. The van der Waals surface area contributed by atoms with Gasteiger partial charge in [-0.05, 0) is 19.1 Å². The minimum Gasteiger partial charge on any atom is -0.365 e. The molecule has 1 saturated heterocycles. The Morgan fingerprint density at radius 1 is 1.59 bits per heavy atom. The second-order valence-corrected chi connectivity index (χ2v) is 6.07. The van der Waals surface area contributed by atoms with Gasteiger partial charge in [-0.3, -0.25) is 4.79 Å². The SMILES string of the molecule is CSc1ncc(C#N)c(N2CCOC(C(=O)NC3CC3)C2)n1. The number of nitrogens with one attached hydrogen (secondary N) is 1. The fourth-order valence-electron chi connectivity index (χ4n) is 2.30. The van der Waals surface area contributed by atoms with E-state index in [9.17, 15) is 10.1 Å². The normalized spacial score (nSPS) is 21.3. The largest absolute Gasteiger partial charge is 0.365 e. The van der Waals surface area contributed by atoms with E-state index in [1.165, 1.54) is 18.0 Å². The molecule has 0 bridgehead atoms. The number of carbonyl (C=O) groups excluding carboxylic acids is 1. The molecule has 0 spiro atoms. The molecule has 2 fully saturated rings. The van der Waals surface area contributed by atoms with E-state index >= 15 is 0 Å². The maximum Gasteiger partial charge on any atom is 0.251 e. The molecule has 3 rings (SSSR count). The Balaban J connectivity index is 1.76. The number of hydrogen-bond donors (Lipinski definition) is 1. The first kappa shape index (κ1) is 15.1. The molecule has 8 heteroatoms. The molecule has 1 N–H and O–H groups in total. The van der Waals surface area contributed by atoms with Crippen molar-refractivity contribution in [2.75, 3.05) is 30.9 Å². The molecule has 22 heavy (non-hydrogen) atoms. The molecule has 1 atom stereocenters. The summed E-state index contributed by atoms with van der Waals surface area (Å²) in [5.41, 5.74) is 0.418. The molecule has 1 unspecified atom stereocenters. The molecule has 2 heterocycles. The van der Waals surface area contributed by atoms with E-state index < -0.39 is 6.10 Å². The van der Waals surface area contributed by atoms with Crippen molar-refractivity contribution in [2.24, 2.45) is 0 Å². The standard InChI is InChI=1S/C14H17N5O2S/c1-22-14-16-7-9(6-15)12(18-14)19-4-5-21-11(8-19)13(20)17-10-2-3-10/h7,10-11H,2-5,8H2,1H3,(H,17,20). The first-order valence-corrected chi connectivity index (χ1v) is 8.42. The lowest BCUT2D eigenvalue weighted by Crippen LogP contribution is -2.50. The molecule has 0 radical (unpaired) electrons. The number of carbonyl (C=O) groups is 1. The number of nitriles is 1. The number of nitrogens with zero attached hydrogens (tertiary/aromatic N) is 4. The monoisotopic (exact) mass is 319 g/mol. The van der Waals surface area contributed by atoms with Crippen LogP contribution in [0.3, 0.4) is 0 Å². The second-order valence-electron chi connectivity index (χ2n) is 5.29. The Bertz CT molecular complexity index is 614. The summed E-state index contributed by atoms with van der Waals surface area (Å²) in [5, 5.41) is 12.8. The molecule has 1 aliphatic carbocycles. The fourth-order valence-corrected chi connectivity index (χ4v) is 2.63. The van der Waals surface area contributed by atoms with Crippen LogP contribution in [0.2, 0.25) is 0 Å². The number of amides is 1. The van der Waals surface area contributed by atoms with Crippen LogP contribution in [0.25, 0.3) is 0 Å². The van der Waals surface area contributed by atoms with Crippen molar-refractivity contribution in [1.29, 1.82) is 5.26 Å². The molecule has 1 saturated carbocycles. The van der Waals surface area contributed by atoms with Crippen molar-refractivity contribution < 1.29 is 9.53 Å². The highest BCUT2D eigenvalue weighted by Crippen LogP contribution is 2.23. The Kier molecular flexibility index (Phi) is 4.45. The van der Waals surface area contributed by atoms with Crippen molar-refractivity contribution in [3.05, 3.63) is 11.8 Å². The third-order valence-corrected chi connectivity index (χ3v) is 4.19. The lowest BCUT2D eigenvalue weighted by molar-refractivity contribution is -0.133. The van der Waals surface area contributed by atoms with E-state index in [1.807, 2.05) is 11.2 Å². The number of thioether (sulfide) groups is 1. The highest BCUT2D eigenvalue weighted by atomic mass is 32.2. The first-order chi connectivity index (χ1) is 10.7. The quantitative estimate of drug-likeness (QED) is 0.640. The maximum absolute atomic E-state index is 12.1. The van der Waals surface area contributed by atoms with Crippen LogP contribution in [0.15, 0.2) is 11.4 Å². The van der Waals surface area contributed by atoms with Crippen LogP contribution >= 0.6 is 11.8 Å². The van der Waals surface area contributed by atoms with Crippen molar-refractivity contribution in [3.63, 3.8) is 0 Å². The molecule has 0 aromatic carbocycles. The minimum absolute atomic E-state index is 0.0788. The summed E-state index contributed by atoms with van der Waals surface area (Å²) in [6.45, 7) is 1.44. The van der Waals surface area contributed by atoms with E-state index in [-0.39, 0.29) is 5.91 Å². The number of hydrogen-bond acceptors (Lipinski definition) is 7. The minimum atomic E-state index is -0.520. The Morgan fingerprint density at radius 3 is 3.09 bits per heavy atom. The summed E-state index contributed by atoms with van der Waals surface area (Å²) >= 11 is 1.42. The Morgan fingerprint density at radius 2 is 2.41 bits per heavy atom. The van der Waals surface area contributed by atoms with Gasteiger partial charge in [-0.25, -0.2) is 9.97 Å². The maximum atomic E-state index is 12.1. The van der Waals surface area contributed by atoms with Crippen molar-refractivity contribution in [3.8, 4) is 6.07 Å². The number of aromatic nitrogens is 2. The van der Waals surface area contributed by atoms with Crippen molar-refractivity contribution in [1.82, 2.24) is 15.3 Å². The van der Waals surface area contributed by atoms with Crippen LogP contribution in [0.5, 0.6) is 0 Å². The third kappa shape index (κ3) is 3.31. The van der Waals surface area contributed by atoms with Gasteiger partial charge in [-0.2, -0.15) is 5.26 Å². The lowest BCUT2D eigenvalue weighted by atomic mass is 10.2. The zero-order valence-electron chi connectivity index (χ0n) is 12.3. The topological polar surface area (TPSA) is 91.1 Å². The molecular formula is C14H17N5O2S. The summed E-state index contributed by atoms with van der Waals surface area (Å²) in [6.07, 6.45) is 4.99. The zero-order valence-corrected chi connectivity index (χ0v) is 13.1. The van der Waals surface area contributed by atoms with Gasteiger partial charge in [0.2, 0.25) is 0 Å². The van der Waals surface area contributed by atoms with Gasteiger partial charge in [-0.15, -0.1) is 0 Å². The summed E-state index contributed by atoms with van der Waals surface area (Å²) in [5.74, 6) is 0.499. The number of ether oxygens (including phenoxy) is 1. The van der Waals surface area contributed by atoms with Crippen LogP contribution < -0.4 is 10.2 Å². The molecule has 1 amide bonds. The van der Waals surface area contributed by atoms with Crippen LogP contribution in [0, 0.1) is 11.3 Å². The average Bonchev–Trinajstić information content (AvgIpc) is 3.38. The van der Waals surface area contributed by atoms with Crippen molar-refractivity contribution in [2.45, 2.75) is 30.1 Å². The Labute approximate surface area is 133 Å². The van der Waals surface area contributed by atoms with Gasteiger partial charge in [0.25, 0.3) is 5.91 Å². The highest BCUT2D eigenvalue weighted by molar-refractivity contribution is 7.98. The van der Waals surface area contributed by atoms with Gasteiger partial charge in [0, 0.05) is 12.6 Å². The first-order valence-electron chi connectivity index (χ1n) is 7.19. The Hall–Kier alpha value is -1.85. The van der Waals surface area contributed by atoms with E-state index in [0.717, 1.165) is 12.8 Å². The van der Waals surface area contributed by atoms with E-state index in [0.29, 0.717) is 42.3 Å². The second kappa shape index (κ2) is 6.50. The molecule has 116 valence electrons. The van der Waals surface area contributed by atoms with Gasteiger partial charge < -0.3 is 15.0 Å². The van der Waals surface area contributed by atoms with Crippen molar-refractivity contribution >= 4 is 23.5 Å². The smallest absolute Gasteiger partial charge is 0.251 e. The van der Waals surface area contributed by atoms with Crippen LogP contribution in [0.4, 0.5) is 5.82 Å². The fraction of sp³-hybridized carbons (Fsp3) is 0.571. The van der Waals surface area contributed by atoms with Crippen LogP contribution in [-0.4, -0.2) is 54.0 Å². The van der Waals surface area contributed by atoms with Crippen LogP contribution in [0.1, 0.15) is 18.4 Å². The summed E-state index contributed by atoms with van der Waals surface area (Å²) in [7, 11) is 0.